The van der Waals surface area contributed by atoms with Gasteiger partial charge in [-0.2, -0.15) is 0 Å². The molecule has 1 heterocycles. The van der Waals surface area contributed by atoms with E-state index in [1.807, 2.05) is 0 Å². The van der Waals surface area contributed by atoms with E-state index < -0.39 is 0 Å². The molecule has 1 unspecified atom stereocenters. The maximum atomic E-state index is 6.16. The van der Waals surface area contributed by atoms with Gasteiger partial charge in [-0.1, -0.05) is 13.8 Å². The third-order valence-electron chi connectivity index (χ3n) is 5.14. The van der Waals surface area contributed by atoms with Gasteiger partial charge < -0.3 is 10.5 Å². The molecule has 1 saturated carbocycles. The normalized spacial score (nSPS) is 37.3. The average molecular weight is 254 g/mol. The van der Waals surface area contributed by atoms with Gasteiger partial charge in [-0.25, -0.2) is 0 Å². The second kappa shape index (κ2) is 6.36. The van der Waals surface area contributed by atoms with Crippen molar-refractivity contribution in [1.29, 1.82) is 0 Å². The van der Waals surface area contributed by atoms with Crippen molar-refractivity contribution in [3.8, 4) is 0 Å². The molecule has 1 saturated heterocycles. The summed E-state index contributed by atoms with van der Waals surface area (Å²) < 4.78 is 5.52. The number of nitrogens with two attached hydrogens (primary N) is 1. The molecule has 0 aromatic heterocycles. The molecular weight excluding hydrogens is 224 g/mol. The van der Waals surface area contributed by atoms with E-state index in [1.165, 1.54) is 38.6 Å². The van der Waals surface area contributed by atoms with Crippen LogP contribution in [0.1, 0.15) is 46.0 Å². The Morgan fingerprint density at radius 1 is 1.28 bits per heavy atom. The molecule has 0 radical (unpaired) electrons. The van der Waals surface area contributed by atoms with Crippen LogP contribution in [0, 0.1) is 11.8 Å². The minimum absolute atomic E-state index is 0.282. The third kappa shape index (κ3) is 3.06. The van der Waals surface area contributed by atoms with E-state index >= 15 is 0 Å². The molecule has 3 heteroatoms. The summed E-state index contributed by atoms with van der Waals surface area (Å²) in [7, 11) is 0. The first-order valence-corrected chi connectivity index (χ1v) is 7.73. The molecule has 0 aromatic carbocycles. The number of rotatable bonds is 5. The molecule has 2 aliphatic rings. The van der Waals surface area contributed by atoms with Gasteiger partial charge in [-0.15, -0.1) is 0 Å². The smallest absolute Gasteiger partial charge is 0.0507 e. The fraction of sp³-hybridized carbons (Fsp3) is 1.00. The molecule has 0 amide bonds. The molecule has 18 heavy (non-hydrogen) atoms. The standard InChI is InChI=1S/C15H30N2O/c1-3-17(10-14-6-9-18-11-14)15(12-16)7-4-13(2)5-8-15/h13-14H,3-12,16H2,1-2H3. The molecule has 0 aromatic rings. The average Bonchev–Trinajstić information content (AvgIpc) is 2.90. The summed E-state index contributed by atoms with van der Waals surface area (Å²) >= 11 is 0. The van der Waals surface area contributed by atoms with Crippen molar-refractivity contribution in [2.75, 3.05) is 32.8 Å². The van der Waals surface area contributed by atoms with Gasteiger partial charge >= 0.3 is 0 Å². The van der Waals surface area contributed by atoms with Gasteiger partial charge in [0.25, 0.3) is 0 Å². The summed E-state index contributed by atoms with van der Waals surface area (Å²) in [5, 5.41) is 0. The van der Waals surface area contributed by atoms with Gasteiger partial charge in [-0.05, 0) is 50.5 Å². The van der Waals surface area contributed by atoms with Crippen LogP contribution < -0.4 is 5.73 Å². The molecule has 1 aliphatic carbocycles. The van der Waals surface area contributed by atoms with Crippen LogP contribution in [-0.4, -0.2) is 43.3 Å². The Hall–Kier alpha value is -0.120. The Bertz CT molecular complexity index is 243. The molecule has 0 spiro atoms. The van der Waals surface area contributed by atoms with E-state index in [9.17, 15) is 0 Å². The van der Waals surface area contributed by atoms with Crippen molar-refractivity contribution in [3.63, 3.8) is 0 Å². The number of hydrogen-bond donors (Lipinski definition) is 1. The largest absolute Gasteiger partial charge is 0.381 e. The molecule has 2 rings (SSSR count). The van der Waals surface area contributed by atoms with Crippen LogP contribution in [0.4, 0.5) is 0 Å². The number of ether oxygens (including phenoxy) is 1. The van der Waals surface area contributed by atoms with E-state index in [0.29, 0.717) is 0 Å². The number of hydrogen-bond acceptors (Lipinski definition) is 3. The van der Waals surface area contributed by atoms with E-state index in [0.717, 1.165) is 38.1 Å². The van der Waals surface area contributed by atoms with Crippen molar-refractivity contribution >= 4 is 0 Å². The predicted molar refractivity (Wildman–Crippen MR) is 75.6 cm³/mol. The second-order valence-corrected chi connectivity index (χ2v) is 6.38. The lowest BCUT2D eigenvalue weighted by atomic mass is 9.75. The third-order valence-corrected chi connectivity index (χ3v) is 5.14. The Kier molecular flexibility index (Phi) is 5.05. The maximum absolute atomic E-state index is 6.16. The molecule has 1 atom stereocenters. The molecule has 0 bridgehead atoms. The Morgan fingerprint density at radius 2 is 2.00 bits per heavy atom. The van der Waals surface area contributed by atoms with Crippen LogP contribution in [0.15, 0.2) is 0 Å². The molecular formula is C15H30N2O. The van der Waals surface area contributed by atoms with Gasteiger partial charge in [0, 0.05) is 25.2 Å². The van der Waals surface area contributed by atoms with Crippen LogP contribution in [0.5, 0.6) is 0 Å². The fourth-order valence-electron chi connectivity index (χ4n) is 3.65. The van der Waals surface area contributed by atoms with E-state index in [2.05, 4.69) is 18.7 Å². The Morgan fingerprint density at radius 3 is 2.50 bits per heavy atom. The van der Waals surface area contributed by atoms with Crippen molar-refractivity contribution in [2.45, 2.75) is 51.5 Å². The Balaban J connectivity index is 1.98. The summed E-state index contributed by atoms with van der Waals surface area (Å²) in [4.78, 5) is 2.66. The highest BCUT2D eigenvalue weighted by Gasteiger charge is 2.38. The van der Waals surface area contributed by atoms with Gasteiger partial charge in [0.05, 0.1) is 6.61 Å². The summed E-state index contributed by atoms with van der Waals surface area (Å²) in [6.07, 6.45) is 6.48. The number of nitrogens with zero attached hydrogens (tertiary/aromatic N) is 1. The summed E-state index contributed by atoms with van der Waals surface area (Å²) in [6, 6.07) is 0. The van der Waals surface area contributed by atoms with Gasteiger partial charge in [0.1, 0.15) is 0 Å². The van der Waals surface area contributed by atoms with Gasteiger partial charge in [0.15, 0.2) is 0 Å². The predicted octanol–water partition coefficient (Wildman–Crippen LogP) is 2.25. The highest BCUT2D eigenvalue weighted by atomic mass is 16.5. The molecule has 1 aliphatic heterocycles. The molecule has 3 nitrogen and oxygen atoms in total. The van der Waals surface area contributed by atoms with Crippen LogP contribution >= 0.6 is 0 Å². The minimum Gasteiger partial charge on any atom is -0.381 e. The first-order valence-electron chi connectivity index (χ1n) is 7.73. The van der Waals surface area contributed by atoms with Crippen molar-refractivity contribution < 1.29 is 4.74 Å². The fourth-order valence-corrected chi connectivity index (χ4v) is 3.65. The first kappa shape index (κ1) is 14.3. The van der Waals surface area contributed by atoms with Gasteiger partial charge in [0.2, 0.25) is 0 Å². The quantitative estimate of drug-likeness (QED) is 0.818. The zero-order valence-corrected chi connectivity index (χ0v) is 12.2. The minimum atomic E-state index is 0.282. The van der Waals surface area contributed by atoms with Crippen molar-refractivity contribution in [3.05, 3.63) is 0 Å². The van der Waals surface area contributed by atoms with E-state index in [4.69, 9.17) is 10.5 Å². The lowest BCUT2D eigenvalue weighted by molar-refractivity contribution is 0.0341. The highest BCUT2D eigenvalue weighted by Crippen LogP contribution is 2.36. The van der Waals surface area contributed by atoms with Gasteiger partial charge in [-0.3, -0.25) is 4.90 Å². The van der Waals surface area contributed by atoms with Crippen LogP contribution in [-0.2, 0) is 4.74 Å². The molecule has 2 fully saturated rings. The highest BCUT2D eigenvalue weighted by molar-refractivity contribution is 4.95. The zero-order chi connectivity index (χ0) is 13.0. The topological polar surface area (TPSA) is 38.5 Å². The van der Waals surface area contributed by atoms with E-state index in [-0.39, 0.29) is 5.54 Å². The Labute approximate surface area is 112 Å². The lowest BCUT2D eigenvalue weighted by Crippen LogP contribution is -2.56. The summed E-state index contributed by atoms with van der Waals surface area (Å²) in [5.74, 6) is 1.62. The van der Waals surface area contributed by atoms with Crippen molar-refractivity contribution in [2.24, 2.45) is 17.6 Å². The van der Waals surface area contributed by atoms with Crippen LogP contribution in [0.2, 0.25) is 0 Å². The molecule has 2 N–H and O–H groups in total. The lowest BCUT2D eigenvalue weighted by Gasteiger charge is -2.47. The number of likely N-dealkylation sites (N-methyl/N-ethyl adjacent to an activating group) is 1. The first-order chi connectivity index (χ1) is 8.70. The van der Waals surface area contributed by atoms with Crippen molar-refractivity contribution in [1.82, 2.24) is 4.90 Å². The summed E-state index contributed by atoms with van der Waals surface area (Å²) in [6.45, 7) is 9.69. The maximum Gasteiger partial charge on any atom is 0.0507 e. The zero-order valence-electron chi connectivity index (χ0n) is 12.2. The van der Waals surface area contributed by atoms with Crippen LogP contribution in [0.3, 0.4) is 0 Å². The monoisotopic (exact) mass is 254 g/mol. The SMILES string of the molecule is CCN(CC1CCOC1)C1(CN)CCC(C)CC1. The second-order valence-electron chi connectivity index (χ2n) is 6.38. The molecule has 106 valence electrons. The van der Waals surface area contributed by atoms with Crippen LogP contribution in [0.25, 0.3) is 0 Å². The summed E-state index contributed by atoms with van der Waals surface area (Å²) in [5.41, 5.74) is 6.44. The van der Waals surface area contributed by atoms with E-state index in [1.54, 1.807) is 0 Å².